The molecule has 1 aliphatic carbocycles. The van der Waals surface area contributed by atoms with Crippen molar-refractivity contribution in [3.63, 3.8) is 0 Å². The molecule has 2 aromatic rings. The number of H-pyrrole nitrogens is 1. The van der Waals surface area contributed by atoms with Crippen LogP contribution in [0.15, 0.2) is 29.1 Å². The van der Waals surface area contributed by atoms with Crippen molar-refractivity contribution in [3.8, 4) is 5.75 Å². The van der Waals surface area contributed by atoms with Gasteiger partial charge in [-0.2, -0.15) is 0 Å². The van der Waals surface area contributed by atoms with Crippen molar-refractivity contribution in [2.45, 2.75) is 44.1 Å². The van der Waals surface area contributed by atoms with Crippen LogP contribution >= 0.6 is 0 Å². The summed E-state index contributed by atoms with van der Waals surface area (Å²) in [5, 5.41) is 1.05. The highest BCUT2D eigenvalue weighted by Gasteiger charge is 2.36. The Bertz CT molecular complexity index is 689. The molecule has 0 radical (unpaired) electrons. The Hall–Kier alpha value is -1.77. The zero-order valence-electron chi connectivity index (χ0n) is 10.8. The van der Waals surface area contributed by atoms with Gasteiger partial charge in [0.25, 0.3) is 0 Å². The van der Waals surface area contributed by atoms with Gasteiger partial charge < -0.3 is 9.72 Å². The summed E-state index contributed by atoms with van der Waals surface area (Å²) in [7, 11) is 0. The molecule has 0 spiro atoms. The fourth-order valence-corrected chi connectivity index (χ4v) is 3.55. The molecular weight excluding hydrogens is 238 g/mol. The smallest absolute Gasteiger partial charge is 0.248 e. The van der Waals surface area contributed by atoms with Crippen LogP contribution in [0.5, 0.6) is 5.75 Å². The van der Waals surface area contributed by atoms with E-state index >= 15 is 0 Å². The van der Waals surface area contributed by atoms with Gasteiger partial charge in [0.1, 0.15) is 11.9 Å². The second kappa shape index (κ2) is 4.12. The third-order valence-electron chi connectivity index (χ3n) is 4.50. The Morgan fingerprint density at radius 1 is 1.05 bits per heavy atom. The van der Waals surface area contributed by atoms with E-state index in [2.05, 4.69) is 17.1 Å². The molecule has 0 bridgehead atoms. The van der Waals surface area contributed by atoms with Gasteiger partial charge in [0.05, 0.1) is 5.52 Å². The lowest BCUT2D eigenvalue weighted by Gasteiger charge is -2.14. The van der Waals surface area contributed by atoms with Gasteiger partial charge >= 0.3 is 0 Å². The van der Waals surface area contributed by atoms with Gasteiger partial charge in [-0.1, -0.05) is 25.0 Å². The minimum atomic E-state index is -0.0587. The summed E-state index contributed by atoms with van der Waals surface area (Å²) in [4.78, 5) is 14.5. The lowest BCUT2D eigenvalue weighted by molar-refractivity contribution is 0.198. The molecule has 3 nitrogen and oxygen atoms in total. The molecule has 2 heterocycles. The number of ether oxygens (including phenoxy) is 1. The lowest BCUT2D eigenvalue weighted by Crippen LogP contribution is -2.16. The topological polar surface area (TPSA) is 42.1 Å². The summed E-state index contributed by atoms with van der Waals surface area (Å²) in [6, 6.07) is 7.72. The summed E-state index contributed by atoms with van der Waals surface area (Å²) in [5.41, 5.74) is 2.11. The molecule has 1 saturated carbocycles. The second-order valence-corrected chi connectivity index (χ2v) is 5.67. The zero-order valence-corrected chi connectivity index (χ0v) is 10.8. The highest BCUT2D eigenvalue weighted by molar-refractivity contribution is 5.86. The quantitative estimate of drug-likeness (QED) is 0.784. The van der Waals surface area contributed by atoms with Crippen LogP contribution in [-0.4, -0.2) is 11.1 Å². The molecule has 0 amide bonds. The molecule has 4 rings (SSSR count). The van der Waals surface area contributed by atoms with E-state index in [0.29, 0.717) is 12.0 Å². The predicted molar refractivity (Wildman–Crippen MR) is 74.8 cm³/mol. The van der Waals surface area contributed by atoms with E-state index in [1.165, 1.54) is 31.2 Å². The van der Waals surface area contributed by atoms with E-state index in [0.717, 1.165) is 23.1 Å². The number of nitrogens with one attached hydrogen (secondary N) is 1. The molecule has 98 valence electrons. The van der Waals surface area contributed by atoms with Gasteiger partial charge in [0.15, 0.2) is 0 Å². The fourth-order valence-electron chi connectivity index (χ4n) is 3.55. The normalized spacial score (nSPS) is 25.5. The first-order chi connectivity index (χ1) is 9.33. The Kier molecular flexibility index (Phi) is 2.40. The van der Waals surface area contributed by atoms with E-state index in [4.69, 9.17) is 4.74 Å². The van der Waals surface area contributed by atoms with Gasteiger partial charge in [-0.3, -0.25) is 4.79 Å². The minimum absolute atomic E-state index is 0.0587. The van der Waals surface area contributed by atoms with Crippen molar-refractivity contribution in [2.75, 3.05) is 0 Å². The maximum absolute atomic E-state index is 11.5. The summed E-state index contributed by atoms with van der Waals surface area (Å²) in [6.45, 7) is 0. The van der Waals surface area contributed by atoms with E-state index < -0.39 is 0 Å². The van der Waals surface area contributed by atoms with Crippen LogP contribution < -0.4 is 10.3 Å². The minimum Gasteiger partial charge on any atom is -0.487 e. The molecule has 2 atom stereocenters. The Morgan fingerprint density at radius 3 is 2.84 bits per heavy atom. The van der Waals surface area contributed by atoms with E-state index in [1.54, 1.807) is 6.07 Å². The largest absolute Gasteiger partial charge is 0.487 e. The maximum atomic E-state index is 11.5. The van der Waals surface area contributed by atoms with Gasteiger partial charge in [-0.15, -0.1) is 0 Å². The number of rotatable bonds is 0. The van der Waals surface area contributed by atoms with E-state index in [1.807, 2.05) is 6.07 Å². The Balaban J connectivity index is 1.91. The third-order valence-corrected chi connectivity index (χ3v) is 4.50. The first kappa shape index (κ1) is 11.1. The number of hydrogen-bond donors (Lipinski definition) is 1. The number of aromatic amines is 1. The van der Waals surface area contributed by atoms with Crippen LogP contribution in [0.2, 0.25) is 0 Å². The van der Waals surface area contributed by atoms with Crippen LogP contribution in [0, 0.1) is 0 Å². The number of hydrogen-bond acceptors (Lipinski definition) is 2. The molecule has 1 aromatic carbocycles. The molecule has 1 aliphatic heterocycles. The summed E-state index contributed by atoms with van der Waals surface area (Å²) < 4.78 is 6.19. The molecule has 0 saturated heterocycles. The first-order valence-corrected chi connectivity index (χ1v) is 7.15. The monoisotopic (exact) mass is 255 g/mol. The van der Waals surface area contributed by atoms with Crippen LogP contribution in [-0.2, 0) is 0 Å². The van der Waals surface area contributed by atoms with Crippen molar-refractivity contribution in [1.82, 2.24) is 4.98 Å². The van der Waals surface area contributed by atoms with Gasteiger partial charge in [-0.25, -0.2) is 0 Å². The molecule has 2 aliphatic rings. The maximum Gasteiger partial charge on any atom is 0.248 e. The van der Waals surface area contributed by atoms with Crippen molar-refractivity contribution < 1.29 is 4.74 Å². The fraction of sp³-hybridized carbons (Fsp3) is 0.438. The highest BCUT2D eigenvalue weighted by Crippen LogP contribution is 2.46. The first-order valence-electron chi connectivity index (χ1n) is 7.15. The zero-order chi connectivity index (χ0) is 12.8. The average Bonchev–Trinajstić information content (AvgIpc) is 2.62. The van der Waals surface area contributed by atoms with Gasteiger partial charge in [-0.05, 0) is 25.3 Å². The molecule has 1 N–H and O–H groups in total. The summed E-state index contributed by atoms with van der Waals surface area (Å²) in [5.74, 6) is 1.44. The number of fused-ring (bicyclic) bond motifs is 5. The van der Waals surface area contributed by atoms with Gasteiger partial charge in [0, 0.05) is 22.9 Å². The molecule has 1 fully saturated rings. The molecule has 0 unspecified atom stereocenters. The van der Waals surface area contributed by atoms with Crippen molar-refractivity contribution in [2.24, 2.45) is 0 Å². The number of aromatic nitrogens is 1. The third kappa shape index (κ3) is 1.68. The average molecular weight is 255 g/mol. The standard InChI is InChI=1S/C16H17NO2/c18-14-9-7-10-6-8-12-11-4-2-1-3-5-13(11)19-16(12)15(10)17-14/h6-9,11,13H,1-5H2,(H,17,18)/t11-,13-/m0/s1. The van der Waals surface area contributed by atoms with Crippen LogP contribution in [0.3, 0.4) is 0 Å². The molecule has 19 heavy (non-hydrogen) atoms. The number of benzene rings is 1. The highest BCUT2D eigenvalue weighted by atomic mass is 16.5. The van der Waals surface area contributed by atoms with Crippen molar-refractivity contribution in [1.29, 1.82) is 0 Å². The van der Waals surface area contributed by atoms with Gasteiger partial charge in [0.2, 0.25) is 5.56 Å². The SMILES string of the molecule is O=c1ccc2ccc3c(c2[nH]1)O[C@H]1CCCCC[C@@H]31. The summed E-state index contributed by atoms with van der Waals surface area (Å²) in [6.07, 6.45) is 6.51. The predicted octanol–water partition coefficient (Wildman–Crippen LogP) is 3.34. The van der Waals surface area contributed by atoms with E-state index in [9.17, 15) is 4.79 Å². The van der Waals surface area contributed by atoms with Crippen molar-refractivity contribution >= 4 is 10.9 Å². The van der Waals surface area contributed by atoms with E-state index in [-0.39, 0.29) is 5.56 Å². The van der Waals surface area contributed by atoms with Crippen LogP contribution in [0.1, 0.15) is 43.6 Å². The second-order valence-electron chi connectivity index (χ2n) is 5.67. The van der Waals surface area contributed by atoms with Crippen LogP contribution in [0.25, 0.3) is 10.9 Å². The number of pyridine rings is 1. The Morgan fingerprint density at radius 2 is 1.89 bits per heavy atom. The summed E-state index contributed by atoms with van der Waals surface area (Å²) >= 11 is 0. The lowest BCUT2D eigenvalue weighted by atomic mass is 9.91. The molecule has 3 heteroatoms. The van der Waals surface area contributed by atoms with Crippen LogP contribution in [0.4, 0.5) is 0 Å². The molecular formula is C16H17NO2. The van der Waals surface area contributed by atoms with Crippen molar-refractivity contribution in [3.05, 3.63) is 40.2 Å². The Labute approximate surface area is 111 Å². The molecule has 1 aromatic heterocycles.